The van der Waals surface area contributed by atoms with Crippen molar-refractivity contribution in [1.29, 1.82) is 0 Å². The smallest absolute Gasteiger partial charge is 0.355 e. The molecule has 5 heteroatoms. The van der Waals surface area contributed by atoms with E-state index in [-0.39, 0.29) is 11.5 Å². The number of nitrogens with zero attached hydrogens (tertiary/aromatic N) is 1. The quantitative estimate of drug-likeness (QED) is 0.632. The molecule has 0 bridgehead atoms. The minimum Gasteiger partial charge on any atom is -0.455 e. The number of ether oxygens (including phenoxy) is 1. The molecule has 0 amide bonds. The zero-order chi connectivity index (χ0) is 15.7. The number of allylic oxidation sites excluding steroid dienone is 2. The molecule has 0 saturated carbocycles. The fourth-order valence-electron chi connectivity index (χ4n) is 2.40. The maximum atomic E-state index is 12.4. The summed E-state index contributed by atoms with van der Waals surface area (Å²) in [6.45, 7) is 7.61. The van der Waals surface area contributed by atoms with Crippen molar-refractivity contribution in [3.63, 3.8) is 0 Å². The normalized spacial score (nSPS) is 22.0. The number of esters is 1. The van der Waals surface area contributed by atoms with Crippen LogP contribution in [0.5, 0.6) is 0 Å². The highest BCUT2D eigenvalue weighted by Gasteiger charge is 2.36. The van der Waals surface area contributed by atoms with Crippen molar-refractivity contribution in [1.82, 2.24) is 4.57 Å². The Bertz CT molecular complexity index is 583. The van der Waals surface area contributed by atoms with Crippen molar-refractivity contribution in [2.24, 2.45) is 0 Å². The Morgan fingerprint density at radius 3 is 2.76 bits per heavy atom. The van der Waals surface area contributed by atoms with E-state index in [9.17, 15) is 9.59 Å². The van der Waals surface area contributed by atoms with E-state index in [1.165, 1.54) is 11.8 Å². The summed E-state index contributed by atoms with van der Waals surface area (Å²) in [5.74, 6) is 0.417. The van der Waals surface area contributed by atoms with E-state index in [0.717, 1.165) is 23.4 Å². The SMILES string of the molecule is CCC1(n2cccc2C(=O)OC(C)(C)C)C=C(C=O)SC1. The molecule has 4 nitrogen and oxygen atoms in total. The molecule has 0 N–H and O–H groups in total. The third-order valence-electron chi connectivity index (χ3n) is 3.46. The zero-order valence-electron chi connectivity index (χ0n) is 12.9. The fraction of sp³-hybridized carbons (Fsp3) is 0.500. The molecule has 1 aliphatic heterocycles. The third kappa shape index (κ3) is 3.23. The number of rotatable bonds is 4. The molecule has 21 heavy (non-hydrogen) atoms. The average Bonchev–Trinajstić information content (AvgIpc) is 3.04. The molecule has 1 aromatic rings. The van der Waals surface area contributed by atoms with Crippen LogP contribution in [0.4, 0.5) is 0 Å². The van der Waals surface area contributed by atoms with Crippen LogP contribution in [-0.2, 0) is 15.1 Å². The van der Waals surface area contributed by atoms with E-state index in [1.54, 1.807) is 6.07 Å². The Balaban J connectivity index is 2.38. The summed E-state index contributed by atoms with van der Waals surface area (Å²) in [6, 6.07) is 3.61. The first kappa shape index (κ1) is 15.9. The summed E-state index contributed by atoms with van der Waals surface area (Å²) in [5.41, 5.74) is -0.341. The molecule has 0 fully saturated rings. The largest absolute Gasteiger partial charge is 0.455 e. The van der Waals surface area contributed by atoms with Crippen molar-refractivity contribution >= 4 is 24.0 Å². The zero-order valence-corrected chi connectivity index (χ0v) is 13.7. The summed E-state index contributed by atoms with van der Waals surface area (Å²) in [7, 11) is 0. The molecular formula is C16H21NO3S. The first-order chi connectivity index (χ1) is 9.81. The summed E-state index contributed by atoms with van der Waals surface area (Å²) in [4.78, 5) is 24.1. The molecule has 0 saturated heterocycles. The third-order valence-corrected chi connectivity index (χ3v) is 4.66. The van der Waals surface area contributed by atoms with Gasteiger partial charge in [-0.15, -0.1) is 11.8 Å². The summed E-state index contributed by atoms with van der Waals surface area (Å²) in [6.07, 6.45) is 5.52. The van der Waals surface area contributed by atoms with E-state index in [1.807, 2.05) is 43.7 Å². The Labute approximate surface area is 129 Å². The summed E-state index contributed by atoms with van der Waals surface area (Å²) in [5, 5.41) is 0. The number of thioether (sulfide) groups is 1. The number of aromatic nitrogens is 1. The predicted octanol–water partition coefficient (Wildman–Crippen LogP) is 3.38. The lowest BCUT2D eigenvalue weighted by molar-refractivity contribution is -0.104. The average molecular weight is 307 g/mol. The van der Waals surface area contributed by atoms with Gasteiger partial charge in [0.15, 0.2) is 6.29 Å². The minimum atomic E-state index is -0.528. The number of carbonyl (C=O) groups is 2. The van der Waals surface area contributed by atoms with Crippen molar-refractivity contribution in [2.45, 2.75) is 45.3 Å². The van der Waals surface area contributed by atoms with Gasteiger partial charge < -0.3 is 9.30 Å². The van der Waals surface area contributed by atoms with Crippen molar-refractivity contribution in [2.75, 3.05) is 5.75 Å². The highest BCUT2D eigenvalue weighted by molar-refractivity contribution is 8.04. The van der Waals surface area contributed by atoms with Crippen LogP contribution < -0.4 is 0 Å². The highest BCUT2D eigenvalue weighted by Crippen LogP contribution is 2.39. The van der Waals surface area contributed by atoms with E-state index in [0.29, 0.717) is 5.69 Å². The van der Waals surface area contributed by atoms with Gasteiger partial charge in [-0.25, -0.2) is 4.79 Å². The van der Waals surface area contributed by atoms with Gasteiger partial charge in [-0.05, 0) is 45.4 Å². The van der Waals surface area contributed by atoms with Crippen LogP contribution in [0.1, 0.15) is 44.6 Å². The lowest BCUT2D eigenvalue weighted by Gasteiger charge is -2.30. The first-order valence-corrected chi connectivity index (χ1v) is 8.02. The topological polar surface area (TPSA) is 48.3 Å². The summed E-state index contributed by atoms with van der Waals surface area (Å²) >= 11 is 1.53. The van der Waals surface area contributed by atoms with Crippen molar-refractivity contribution in [3.05, 3.63) is 35.0 Å². The van der Waals surface area contributed by atoms with Crippen LogP contribution in [0.3, 0.4) is 0 Å². The van der Waals surface area contributed by atoms with E-state index >= 15 is 0 Å². The van der Waals surface area contributed by atoms with Crippen molar-refractivity contribution < 1.29 is 14.3 Å². The number of hydrogen-bond acceptors (Lipinski definition) is 4. The molecule has 0 radical (unpaired) electrons. The molecule has 0 aliphatic carbocycles. The van der Waals surface area contributed by atoms with Gasteiger partial charge in [-0.1, -0.05) is 6.92 Å². The van der Waals surface area contributed by atoms with Gasteiger partial charge in [-0.3, -0.25) is 4.79 Å². The highest BCUT2D eigenvalue weighted by atomic mass is 32.2. The van der Waals surface area contributed by atoms with Crippen LogP contribution in [0.15, 0.2) is 29.3 Å². The van der Waals surface area contributed by atoms with E-state index in [2.05, 4.69) is 6.92 Å². The van der Waals surface area contributed by atoms with Crippen LogP contribution in [-0.4, -0.2) is 28.2 Å². The monoisotopic (exact) mass is 307 g/mol. The molecule has 0 spiro atoms. The van der Waals surface area contributed by atoms with Gasteiger partial charge in [0.05, 0.1) is 5.54 Å². The summed E-state index contributed by atoms with van der Waals surface area (Å²) < 4.78 is 7.40. The first-order valence-electron chi connectivity index (χ1n) is 7.03. The second kappa shape index (κ2) is 5.72. The predicted molar refractivity (Wildman–Crippen MR) is 84.5 cm³/mol. The van der Waals surface area contributed by atoms with Gasteiger partial charge in [-0.2, -0.15) is 0 Å². The Kier molecular flexibility index (Phi) is 4.33. The van der Waals surface area contributed by atoms with Gasteiger partial charge in [0.2, 0.25) is 0 Å². The minimum absolute atomic E-state index is 0.335. The molecule has 2 rings (SSSR count). The Hall–Kier alpha value is -1.49. The van der Waals surface area contributed by atoms with E-state index in [4.69, 9.17) is 4.74 Å². The second-order valence-electron chi connectivity index (χ2n) is 6.18. The van der Waals surface area contributed by atoms with Gasteiger partial charge >= 0.3 is 5.97 Å². The molecule has 1 unspecified atom stereocenters. The Morgan fingerprint density at radius 1 is 1.52 bits per heavy atom. The van der Waals surface area contributed by atoms with Gasteiger partial charge in [0, 0.05) is 16.9 Å². The maximum Gasteiger partial charge on any atom is 0.355 e. The molecule has 0 aromatic carbocycles. The molecule has 2 heterocycles. The number of hydrogen-bond donors (Lipinski definition) is 0. The van der Waals surface area contributed by atoms with Crippen LogP contribution in [0.2, 0.25) is 0 Å². The fourth-order valence-corrected chi connectivity index (χ4v) is 3.62. The Morgan fingerprint density at radius 2 is 2.24 bits per heavy atom. The second-order valence-corrected chi connectivity index (χ2v) is 7.22. The van der Waals surface area contributed by atoms with Crippen molar-refractivity contribution in [3.8, 4) is 0 Å². The lowest BCUT2D eigenvalue weighted by Crippen LogP contribution is -2.35. The van der Waals surface area contributed by atoms with Crippen LogP contribution in [0.25, 0.3) is 0 Å². The maximum absolute atomic E-state index is 12.4. The van der Waals surface area contributed by atoms with Gasteiger partial charge in [0.1, 0.15) is 11.3 Å². The molecule has 1 aliphatic rings. The molecule has 1 atom stereocenters. The van der Waals surface area contributed by atoms with Crippen LogP contribution in [0, 0.1) is 0 Å². The number of aldehydes is 1. The molecular weight excluding hydrogens is 286 g/mol. The number of carbonyl (C=O) groups excluding carboxylic acids is 2. The lowest BCUT2D eigenvalue weighted by atomic mass is 9.97. The standard InChI is InChI=1S/C16H21NO3S/c1-5-16(9-12(10-18)21-11-16)17-8-6-7-13(17)14(19)20-15(2,3)4/h6-10H,5,11H2,1-4H3. The van der Waals surface area contributed by atoms with Gasteiger partial charge in [0.25, 0.3) is 0 Å². The molecule has 1 aromatic heterocycles. The molecule has 114 valence electrons. The van der Waals surface area contributed by atoms with Crippen LogP contribution >= 0.6 is 11.8 Å². The van der Waals surface area contributed by atoms with E-state index < -0.39 is 5.60 Å².